The third kappa shape index (κ3) is 6.03. The highest BCUT2D eigenvalue weighted by Crippen LogP contribution is 2.19. The average molecular weight is 244 g/mol. The van der Waals surface area contributed by atoms with Gasteiger partial charge in [0.1, 0.15) is 0 Å². The number of ether oxygens (including phenoxy) is 1. The number of nitrogens with two attached hydrogens (primary N) is 1. The predicted molar refractivity (Wildman–Crippen MR) is 70.7 cm³/mol. The van der Waals surface area contributed by atoms with Crippen LogP contribution in [0.3, 0.4) is 0 Å². The van der Waals surface area contributed by atoms with Crippen molar-refractivity contribution in [1.29, 1.82) is 0 Å². The minimum absolute atomic E-state index is 0.0169. The van der Waals surface area contributed by atoms with Crippen molar-refractivity contribution in [2.45, 2.75) is 40.7 Å². The van der Waals surface area contributed by atoms with Crippen molar-refractivity contribution in [3.8, 4) is 0 Å². The van der Waals surface area contributed by atoms with Gasteiger partial charge in [-0.1, -0.05) is 34.6 Å². The molecule has 0 bridgehead atoms. The van der Waals surface area contributed by atoms with E-state index in [1.54, 1.807) is 7.11 Å². The standard InChI is InChI=1S/C13H28N2O2/c1-10(2)9-15(7-8-17-6)12(16)11(14)13(3,4)5/h10-11H,7-9,14H2,1-6H3. The molecule has 0 aromatic rings. The number of carbonyl (C=O) groups is 1. The van der Waals surface area contributed by atoms with Crippen LogP contribution in [0, 0.1) is 11.3 Å². The lowest BCUT2D eigenvalue weighted by atomic mass is 9.86. The van der Waals surface area contributed by atoms with Crippen molar-refractivity contribution in [2.75, 3.05) is 26.8 Å². The van der Waals surface area contributed by atoms with Crippen LogP contribution >= 0.6 is 0 Å². The summed E-state index contributed by atoms with van der Waals surface area (Å²) in [5.74, 6) is 0.450. The number of hydrogen-bond acceptors (Lipinski definition) is 3. The van der Waals surface area contributed by atoms with Gasteiger partial charge < -0.3 is 15.4 Å². The van der Waals surface area contributed by atoms with E-state index in [9.17, 15) is 4.79 Å². The first-order valence-electron chi connectivity index (χ1n) is 6.23. The third-order valence-electron chi connectivity index (χ3n) is 2.66. The van der Waals surface area contributed by atoms with E-state index in [2.05, 4.69) is 13.8 Å². The molecule has 4 heteroatoms. The first-order chi connectivity index (χ1) is 7.70. The summed E-state index contributed by atoms with van der Waals surface area (Å²) in [6.07, 6.45) is 0. The minimum atomic E-state index is -0.460. The van der Waals surface area contributed by atoms with Crippen LogP contribution in [-0.2, 0) is 9.53 Å². The molecule has 0 rings (SSSR count). The average Bonchev–Trinajstić information content (AvgIpc) is 2.20. The molecule has 102 valence electrons. The molecule has 0 aliphatic heterocycles. The Morgan fingerprint density at radius 2 is 1.88 bits per heavy atom. The fourth-order valence-electron chi connectivity index (χ4n) is 1.50. The van der Waals surface area contributed by atoms with Gasteiger partial charge in [0.2, 0.25) is 5.91 Å². The molecule has 17 heavy (non-hydrogen) atoms. The Labute approximate surface area is 105 Å². The van der Waals surface area contributed by atoms with Crippen molar-refractivity contribution in [2.24, 2.45) is 17.1 Å². The van der Waals surface area contributed by atoms with Gasteiger partial charge in [-0.05, 0) is 11.3 Å². The molecule has 0 saturated heterocycles. The van der Waals surface area contributed by atoms with E-state index in [0.29, 0.717) is 19.1 Å². The molecule has 0 fully saturated rings. The lowest BCUT2D eigenvalue weighted by Gasteiger charge is -2.32. The molecular formula is C13H28N2O2. The van der Waals surface area contributed by atoms with Gasteiger partial charge in [0.05, 0.1) is 12.6 Å². The smallest absolute Gasteiger partial charge is 0.240 e. The molecule has 4 nitrogen and oxygen atoms in total. The van der Waals surface area contributed by atoms with Crippen LogP contribution in [0.2, 0.25) is 0 Å². The summed E-state index contributed by atoms with van der Waals surface area (Å²) in [5.41, 5.74) is 5.80. The molecule has 1 atom stereocenters. The minimum Gasteiger partial charge on any atom is -0.383 e. The van der Waals surface area contributed by atoms with E-state index < -0.39 is 6.04 Å². The predicted octanol–water partition coefficient (Wildman–Crippen LogP) is 1.49. The van der Waals surface area contributed by atoms with Crippen molar-refractivity contribution in [3.63, 3.8) is 0 Å². The Bertz CT molecular complexity index is 234. The molecule has 1 unspecified atom stereocenters. The maximum atomic E-state index is 12.3. The third-order valence-corrected chi connectivity index (χ3v) is 2.66. The van der Waals surface area contributed by atoms with Gasteiger partial charge in [-0.15, -0.1) is 0 Å². The lowest BCUT2D eigenvalue weighted by Crippen LogP contribution is -2.52. The Morgan fingerprint density at radius 3 is 2.24 bits per heavy atom. The van der Waals surface area contributed by atoms with Crippen molar-refractivity contribution in [3.05, 3.63) is 0 Å². The second kappa shape index (κ2) is 6.97. The molecule has 0 heterocycles. The summed E-state index contributed by atoms with van der Waals surface area (Å²) in [5, 5.41) is 0. The van der Waals surface area contributed by atoms with Crippen molar-refractivity contribution >= 4 is 5.91 Å². The number of rotatable bonds is 6. The fraction of sp³-hybridized carbons (Fsp3) is 0.923. The molecule has 0 aliphatic rings. The zero-order chi connectivity index (χ0) is 13.6. The number of methoxy groups -OCH3 is 1. The monoisotopic (exact) mass is 244 g/mol. The Morgan fingerprint density at radius 1 is 1.35 bits per heavy atom. The van der Waals surface area contributed by atoms with Gasteiger partial charge in [0.15, 0.2) is 0 Å². The van der Waals surface area contributed by atoms with Gasteiger partial charge in [0, 0.05) is 20.2 Å². The summed E-state index contributed by atoms with van der Waals surface area (Å²) >= 11 is 0. The van der Waals surface area contributed by atoms with Crippen LogP contribution in [0.1, 0.15) is 34.6 Å². The molecule has 0 aromatic carbocycles. The molecule has 0 aromatic heterocycles. The molecule has 0 spiro atoms. The van der Waals surface area contributed by atoms with Gasteiger partial charge in [-0.2, -0.15) is 0 Å². The molecule has 0 radical (unpaired) electrons. The van der Waals surface area contributed by atoms with Crippen molar-refractivity contribution in [1.82, 2.24) is 4.90 Å². The quantitative estimate of drug-likeness (QED) is 0.770. The summed E-state index contributed by atoms with van der Waals surface area (Å²) in [7, 11) is 1.64. The summed E-state index contributed by atoms with van der Waals surface area (Å²) in [6, 6.07) is -0.460. The van der Waals surface area contributed by atoms with Crippen LogP contribution in [0.5, 0.6) is 0 Å². The van der Waals surface area contributed by atoms with Gasteiger partial charge >= 0.3 is 0 Å². The second-order valence-electron chi connectivity index (χ2n) is 6.01. The highest BCUT2D eigenvalue weighted by Gasteiger charge is 2.31. The Kier molecular flexibility index (Phi) is 6.72. The summed E-state index contributed by atoms with van der Waals surface area (Å²) in [6.45, 7) is 12.0. The van der Waals surface area contributed by atoms with Crippen LogP contribution in [0.15, 0.2) is 0 Å². The van der Waals surface area contributed by atoms with Gasteiger partial charge in [-0.3, -0.25) is 4.79 Å². The van der Waals surface area contributed by atoms with E-state index in [0.717, 1.165) is 6.54 Å². The lowest BCUT2D eigenvalue weighted by molar-refractivity contribution is -0.136. The molecular weight excluding hydrogens is 216 g/mol. The highest BCUT2D eigenvalue weighted by atomic mass is 16.5. The molecule has 1 amide bonds. The zero-order valence-electron chi connectivity index (χ0n) is 12.1. The molecule has 0 saturated carbocycles. The molecule has 0 aliphatic carbocycles. The Hall–Kier alpha value is -0.610. The topological polar surface area (TPSA) is 55.6 Å². The van der Waals surface area contributed by atoms with E-state index in [1.165, 1.54) is 0 Å². The van der Waals surface area contributed by atoms with Crippen LogP contribution in [-0.4, -0.2) is 43.7 Å². The van der Waals surface area contributed by atoms with Gasteiger partial charge in [-0.25, -0.2) is 0 Å². The molecule has 2 N–H and O–H groups in total. The fourth-order valence-corrected chi connectivity index (χ4v) is 1.50. The number of carbonyl (C=O) groups excluding carboxylic acids is 1. The van der Waals surface area contributed by atoms with E-state index in [1.807, 2.05) is 25.7 Å². The largest absolute Gasteiger partial charge is 0.383 e. The SMILES string of the molecule is COCCN(CC(C)C)C(=O)C(N)C(C)(C)C. The second-order valence-corrected chi connectivity index (χ2v) is 6.01. The first kappa shape index (κ1) is 16.4. The van der Waals surface area contributed by atoms with Gasteiger partial charge in [0.25, 0.3) is 0 Å². The van der Waals surface area contributed by atoms with Crippen LogP contribution in [0.25, 0.3) is 0 Å². The maximum Gasteiger partial charge on any atom is 0.240 e. The summed E-state index contributed by atoms with van der Waals surface area (Å²) < 4.78 is 5.03. The number of amides is 1. The summed E-state index contributed by atoms with van der Waals surface area (Å²) in [4.78, 5) is 14.1. The zero-order valence-corrected chi connectivity index (χ0v) is 12.1. The first-order valence-corrected chi connectivity index (χ1v) is 6.23. The maximum absolute atomic E-state index is 12.3. The normalized spacial score (nSPS) is 13.9. The number of nitrogens with zero attached hydrogens (tertiary/aromatic N) is 1. The van der Waals surface area contributed by atoms with E-state index in [-0.39, 0.29) is 11.3 Å². The Balaban J connectivity index is 4.61. The number of hydrogen-bond donors (Lipinski definition) is 1. The van der Waals surface area contributed by atoms with E-state index >= 15 is 0 Å². The van der Waals surface area contributed by atoms with Crippen LogP contribution < -0.4 is 5.73 Å². The highest BCUT2D eigenvalue weighted by molar-refractivity contribution is 5.82. The van der Waals surface area contributed by atoms with Crippen LogP contribution in [0.4, 0.5) is 0 Å². The van der Waals surface area contributed by atoms with E-state index in [4.69, 9.17) is 10.5 Å². The van der Waals surface area contributed by atoms with Crippen molar-refractivity contribution < 1.29 is 9.53 Å².